The molecular formula is C16H17FN2. The first kappa shape index (κ1) is 12.3. The van der Waals surface area contributed by atoms with Crippen molar-refractivity contribution in [3.8, 4) is 0 Å². The molecule has 2 nitrogen and oxygen atoms in total. The van der Waals surface area contributed by atoms with Crippen molar-refractivity contribution in [3.63, 3.8) is 0 Å². The highest BCUT2D eigenvalue weighted by molar-refractivity contribution is 5.38. The van der Waals surface area contributed by atoms with Crippen LogP contribution in [-0.4, -0.2) is 0 Å². The summed E-state index contributed by atoms with van der Waals surface area (Å²) in [5.74, 6) is 5.52. The Hall–Kier alpha value is -1.71. The van der Waals surface area contributed by atoms with Crippen LogP contribution in [0.1, 0.15) is 30.0 Å². The molecule has 19 heavy (non-hydrogen) atoms. The van der Waals surface area contributed by atoms with Crippen LogP contribution >= 0.6 is 0 Å². The zero-order valence-electron chi connectivity index (χ0n) is 10.6. The average Bonchev–Trinajstić information content (AvgIpc) is 3.24. The first-order valence-electron chi connectivity index (χ1n) is 6.54. The lowest BCUT2D eigenvalue weighted by molar-refractivity contribution is 0.420. The number of nitrogens with one attached hydrogen (secondary N) is 1. The normalized spacial score (nSPS) is 18.0. The van der Waals surface area contributed by atoms with E-state index in [0.29, 0.717) is 5.56 Å². The molecule has 2 aromatic carbocycles. The Labute approximate surface area is 112 Å². The molecule has 2 aromatic rings. The molecule has 1 atom stereocenters. The summed E-state index contributed by atoms with van der Waals surface area (Å²) in [7, 11) is 0. The van der Waals surface area contributed by atoms with E-state index in [0.717, 1.165) is 12.8 Å². The van der Waals surface area contributed by atoms with Gasteiger partial charge in [-0.1, -0.05) is 48.5 Å². The number of hydrogen-bond acceptors (Lipinski definition) is 2. The molecule has 0 bridgehead atoms. The predicted octanol–water partition coefficient (Wildman–Crippen LogP) is 3.06. The van der Waals surface area contributed by atoms with Gasteiger partial charge in [-0.05, 0) is 24.5 Å². The second kappa shape index (κ2) is 4.76. The Morgan fingerprint density at radius 1 is 1.00 bits per heavy atom. The zero-order chi connectivity index (χ0) is 13.3. The van der Waals surface area contributed by atoms with Crippen molar-refractivity contribution in [1.29, 1.82) is 0 Å². The Kier molecular flexibility index (Phi) is 3.09. The van der Waals surface area contributed by atoms with Gasteiger partial charge in [0.25, 0.3) is 0 Å². The van der Waals surface area contributed by atoms with E-state index in [9.17, 15) is 4.39 Å². The van der Waals surface area contributed by atoms with Gasteiger partial charge >= 0.3 is 0 Å². The van der Waals surface area contributed by atoms with Crippen molar-refractivity contribution in [3.05, 3.63) is 71.5 Å². The Balaban J connectivity index is 2.02. The zero-order valence-corrected chi connectivity index (χ0v) is 10.6. The molecule has 1 aliphatic rings. The van der Waals surface area contributed by atoms with Gasteiger partial charge in [-0.2, -0.15) is 0 Å². The molecule has 1 aliphatic carbocycles. The quantitative estimate of drug-likeness (QED) is 0.651. The highest BCUT2D eigenvalue weighted by Gasteiger charge is 2.51. The molecule has 1 unspecified atom stereocenters. The maximum atomic E-state index is 14.0. The minimum Gasteiger partial charge on any atom is -0.271 e. The van der Waals surface area contributed by atoms with Gasteiger partial charge in [0.05, 0.1) is 6.04 Å². The summed E-state index contributed by atoms with van der Waals surface area (Å²) in [6, 6.07) is 16.9. The fraction of sp³-hybridized carbons (Fsp3) is 0.250. The topological polar surface area (TPSA) is 38.0 Å². The lowest BCUT2D eigenvalue weighted by Crippen LogP contribution is -2.37. The highest BCUT2D eigenvalue weighted by Crippen LogP contribution is 2.56. The molecule has 0 amide bonds. The highest BCUT2D eigenvalue weighted by atomic mass is 19.1. The molecule has 3 heteroatoms. The summed E-state index contributed by atoms with van der Waals surface area (Å²) >= 11 is 0. The van der Waals surface area contributed by atoms with Gasteiger partial charge in [-0.15, -0.1) is 0 Å². The van der Waals surface area contributed by atoms with Crippen LogP contribution in [0.25, 0.3) is 0 Å². The van der Waals surface area contributed by atoms with E-state index >= 15 is 0 Å². The number of benzene rings is 2. The third-order valence-corrected chi connectivity index (χ3v) is 4.07. The van der Waals surface area contributed by atoms with Crippen molar-refractivity contribution >= 4 is 0 Å². The standard InChI is InChI=1S/C16H17FN2/c17-14-9-5-4-8-13(14)15(19-18)16(10-11-16)12-6-2-1-3-7-12/h1-9,15,19H,10-11,18H2. The van der Waals surface area contributed by atoms with E-state index in [1.807, 2.05) is 30.3 Å². The SMILES string of the molecule is NNC(c1ccccc1F)C1(c2ccccc2)CC1. The summed E-state index contributed by atoms with van der Waals surface area (Å²) < 4.78 is 14.0. The van der Waals surface area contributed by atoms with Crippen molar-refractivity contribution in [2.75, 3.05) is 0 Å². The molecule has 0 aliphatic heterocycles. The first-order chi connectivity index (χ1) is 9.28. The third-order valence-electron chi connectivity index (χ3n) is 4.07. The second-order valence-corrected chi connectivity index (χ2v) is 5.14. The maximum Gasteiger partial charge on any atom is 0.128 e. The Bertz CT molecular complexity index is 564. The molecule has 0 radical (unpaired) electrons. The van der Waals surface area contributed by atoms with Crippen molar-refractivity contribution in [2.24, 2.45) is 5.84 Å². The van der Waals surface area contributed by atoms with Crippen molar-refractivity contribution in [1.82, 2.24) is 5.43 Å². The predicted molar refractivity (Wildman–Crippen MR) is 73.8 cm³/mol. The smallest absolute Gasteiger partial charge is 0.128 e. The summed E-state index contributed by atoms with van der Waals surface area (Å²) in [6.45, 7) is 0. The van der Waals surface area contributed by atoms with Crippen molar-refractivity contribution in [2.45, 2.75) is 24.3 Å². The van der Waals surface area contributed by atoms with E-state index in [1.165, 1.54) is 11.6 Å². The van der Waals surface area contributed by atoms with Crippen LogP contribution in [0, 0.1) is 5.82 Å². The van der Waals surface area contributed by atoms with E-state index < -0.39 is 0 Å². The molecular weight excluding hydrogens is 239 g/mol. The number of halogens is 1. The lowest BCUT2D eigenvalue weighted by Gasteiger charge is -2.27. The fourth-order valence-corrected chi connectivity index (χ4v) is 2.90. The molecule has 0 heterocycles. The van der Waals surface area contributed by atoms with Gasteiger partial charge in [0.2, 0.25) is 0 Å². The number of hydrazine groups is 1. The Morgan fingerprint density at radius 3 is 2.21 bits per heavy atom. The molecule has 3 N–H and O–H groups in total. The van der Waals surface area contributed by atoms with E-state index in [2.05, 4.69) is 17.6 Å². The summed E-state index contributed by atoms with van der Waals surface area (Å²) in [4.78, 5) is 0. The van der Waals surface area contributed by atoms with Gasteiger partial charge in [-0.3, -0.25) is 11.3 Å². The van der Waals surface area contributed by atoms with Crippen LogP contribution < -0.4 is 11.3 Å². The van der Waals surface area contributed by atoms with Crippen LogP contribution in [0.3, 0.4) is 0 Å². The summed E-state index contributed by atoms with van der Waals surface area (Å²) in [5, 5.41) is 0. The van der Waals surface area contributed by atoms with Crippen LogP contribution in [0.15, 0.2) is 54.6 Å². The maximum absolute atomic E-state index is 14.0. The fourth-order valence-electron chi connectivity index (χ4n) is 2.90. The van der Waals surface area contributed by atoms with Gasteiger partial charge in [0.15, 0.2) is 0 Å². The largest absolute Gasteiger partial charge is 0.271 e. The van der Waals surface area contributed by atoms with Gasteiger partial charge in [-0.25, -0.2) is 4.39 Å². The number of nitrogens with two attached hydrogens (primary N) is 1. The van der Waals surface area contributed by atoms with Gasteiger partial charge in [0, 0.05) is 11.0 Å². The van der Waals surface area contributed by atoms with Crippen LogP contribution in [-0.2, 0) is 5.41 Å². The van der Waals surface area contributed by atoms with Gasteiger partial charge in [0.1, 0.15) is 5.82 Å². The van der Waals surface area contributed by atoms with Crippen LogP contribution in [0.2, 0.25) is 0 Å². The third kappa shape index (κ3) is 2.05. The van der Waals surface area contributed by atoms with E-state index in [1.54, 1.807) is 6.07 Å². The van der Waals surface area contributed by atoms with Crippen LogP contribution in [0.4, 0.5) is 4.39 Å². The van der Waals surface area contributed by atoms with Crippen molar-refractivity contribution < 1.29 is 4.39 Å². The average molecular weight is 256 g/mol. The first-order valence-corrected chi connectivity index (χ1v) is 6.54. The minimum absolute atomic E-state index is 0.0712. The number of hydrogen-bond donors (Lipinski definition) is 2. The van der Waals surface area contributed by atoms with Gasteiger partial charge < -0.3 is 0 Å². The lowest BCUT2D eigenvalue weighted by atomic mass is 9.84. The molecule has 98 valence electrons. The minimum atomic E-state index is -0.201. The molecule has 0 spiro atoms. The van der Waals surface area contributed by atoms with E-state index in [-0.39, 0.29) is 17.3 Å². The van der Waals surface area contributed by atoms with Crippen LogP contribution in [0.5, 0.6) is 0 Å². The molecule has 1 saturated carbocycles. The monoisotopic (exact) mass is 256 g/mol. The molecule has 1 fully saturated rings. The summed E-state index contributed by atoms with van der Waals surface area (Å²) in [6.07, 6.45) is 2.06. The second-order valence-electron chi connectivity index (χ2n) is 5.14. The number of rotatable bonds is 4. The van der Waals surface area contributed by atoms with E-state index in [4.69, 9.17) is 5.84 Å². The molecule has 3 rings (SSSR count). The summed E-state index contributed by atoms with van der Waals surface area (Å²) in [5.41, 5.74) is 4.62. The Morgan fingerprint density at radius 2 is 1.63 bits per heavy atom. The molecule has 0 aromatic heterocycles. The molecule has 0 saturated heterocycles.